The molecule has 82 valence electrons. The summed E-state index contributed by atoms with van der Waals surface area (Å²) >= 11 is 0. The molecule has 0 saturated carbocycles. The fourth-order valence-corrected chi connectivity index (χ4v) is 1.68. The van der Waals surface area contributed by atoms with E-state index in [9.17, 15) is 9.90 Å². The van der Waals surface area contributed by atoms with Gasteiger partial charge in [-0.15, -0.1) is 0 Å². The van der Waals surface area contributed by atoms with Gasteiger partial charge in [0.2, 0.25) is 5.91 Å². The Labute approximate surface area is 85.3 Å². The Balaban J connectivity index is 2.23. The zero-order valence-corrected chi connectivity index (χ0v) is 8.83. The van der Waals surface area contributed by atoms with Gasteiger partial charge < -0.3 is 15.3 Å². The molecule has 1 heterocycles. The summed E-state index contributed by atoms with van der Waals surface area (Å²) in [4.78, 5) is 13.2. The highest BCUT2D eigenvalue weighted by atomic mass is 16.3. The van der Waals surface area contributed by atoms with Gasteiger partial charge in [0.05, 0.1) is 6.10 Å². The Bertz CT molecular complexity index is 185. The van der Waals surface area contributed by atoms with Crippen LogP contribution in [0.3, 0.4) is 0 Å². The highest BCUT2D eigenvalue weighted by molar-refractivity contribution is 5.76. The standard InChI is InChI=1S/C10H20N2O2/c1-2-11-7-9(13)8-12-6-4-3-5-10(12)14/h9,11,13H,2-8H2,1H3. The van der Waals surface area contributed by atoms with Crippen molar-refractivity contribution >= 4 is 5.91 Å². The molecule has 0 radical (unpaired) electrons. The number of hydrogen-bond donors (Lipinski definition) is 2. The third kappa shape index (κ3) is 3.64. The number of likely N-dealkylation sites (tertiary alicyclic amines) is 1. The molecule has 1 fully saturated rings. The van der Waals surface area contributed by atoms with Crippen LogP contribution in [0.4, 0.5) is 0 Å². The fourth-order valence-electron chi connectivity index (χ4n) is 1.68. The van der Waals surface area contributed by atoms with Crippen molar-refractivity contribution in [2.24, 2.45) is 0 Å². The van der Waals surface area contributed by atoms with Gasteiger partial charge >= 0.3 is 0 Å². The number of aliphatic hydroxyl groups is 1. The molecular weight excluding hydrogens is 180 g/mol. The van der Waals surface area contributed by atoms with Crippen LogP contribution in [0.5, 0.6) is 0 Å². The highest BCUT2D eigenvalue weighted by Gasteiger charge is 2.20. The average molecular weight is 200 g/mol. The highest BCUT2D eigenvalue weighted by Crippen LogP contribution is 2.10. The van der Waals surface area contributed by atoms with Crippen LogP contribution in [0.2, 0.25) is 0 Å². The van der Waals surface area contributed by atoms with Crippen LogP contribution in [0.15, 0.2) is 0 Å². The minimum atomic E-state index is -0.433. The number of β-amino-alcohol motifs (C(OH)–C–C–N with tert-alkyl or cyclic N) is 1. The largest absolute Gasteiger partial charge is 0.390 e. The lowest BCUT2D eigenvalue weighted by atomic mass is 10.1. The first-order chi connectivity index (χ1) is 6.74. The first-order valence-electron chi connectivity index (χ1n) is 5.40. The summed E-state index contributed by atoms with van der Waals surface area (Å²) in [6, 6.07) is 0. The molecule has 1 unspecified atom stereocenters. The molecule has 0 aliphatic carbocycles. The van der Waals surface area contributed by atoms with Gasteiger partial charge in [-0.2, -0.15) is 0 Å². The van der Waals surface area contributed by atoms with Gasteiger partial charge in [0, 0.05) is 26.1 Å². The number of nitrogens with zero attached hydrogens (tertiary/aromatic N) is 1. The molecule has 1 rings (SSSR count). The Hall–Kier alpha value is -0.610. The van der Waals surface area contributed by atoms with Gasteiger partial charge in [0.15, 0.2) is 0 Å². The molecular formula is C10H20N2O2. The number of likely N-dealkylation sites (N-methyl/N-ethyl adjacent to an activating group) is 1. The van der Waals surface area contributed by atoms with Crippen LogP contribution >= 0.6 is 0 Å². The Morgan fingerprint density at radius 3 is 3.00 bits per heavy atom. The van der Waals surface area contributed by atoms with Crippen LogP contribution in [0.1, 0.15) is 26.2 Å². The lowest BCUT2D eigenvalue weighted by molar-refractivity contribution is -0.134. The smallest absolute Gasteiger partial charge is 0.222 e. The summed E-state index contributed by atoms with van der Waals surface area (Å²) in [5.41, 5.74) is 0. The second-order valence-electron chi connectivity index (χ2n) is 3.76. The van der Waals surface area contributed by atoms with Gasteiger partial charge in [-0.1, -0.05) is 6.92 Å². The minimum Gasteiger partial charge on any atom is -0.390 e. The monoisotopic (exact) mass is 200 g/mol. The maximum atomic E-state index is 11.4. The molecule has 1 atom stereocenters. The average Bonchev–Trinajstić information content (AvgIpc) is 2.18. The molecule has 1 saturated heterocycles. The molecule has 0 bridgehead atoms. The molecule has 4 nitrogen and oxygen atoms in total. The van der Waals surface area contributed by atoms with Crippen molar-refractivity contribution in [2.75, 3.05) is 26.2 Å². The molecule has 1 aliphatic rings. The van der Waals surface area contributed by atoms with Crippen molar-refractivity contribution < 1.29 is 9.90 Å². The molecule has 0 spiro atoms. The Morgan fingerprint density at radius 1 is 1.57 bits per heavy atom. The van der Waals surface area contributed by atoms with E-state index >= 15 is 0 Å². The van der Waals surface area contributed by atoms with E-state index in [-0.39, 0.29) is 5.91 Å². The van der Waals surface area contributed by atoms with Crippen LogP contribution < -0.4 is 5.32 Å². The fraction of sp³-hybridized carbons (Fsp3) is 0.900. The summed E-state index contributed by atoms with van der Waals surface area (Å²) in [5.74, 6) is 0.187. The van der Waals surface area contributed by atoms with Gasteiger partial charge in [-0.25, -0.2) is 0 Å². The molecule has 0 aromatic heterocycles. The van der Waals surface area contributed by atoms with Crippen molar-refractivity contribution in [1.29, 1.82) is 0 Å². The van der Waals surface area contributed by atoms with Crippen LogP contribution in [0, 0.1) is 0 Å². The van der Waals surface area contributed by atoms with Gasteiger partial charge in [0.25, 0.3) is 0 Å². The normalized spacial score (nSPS) is 19.9. The second kappa shape index (κ2) is 5.98. The minimum absolute atomic E-state index is 0.187. The van der Waals surface area contributed by atoms with E-state index in [0.29, 0.717) is 19.5 Å². The Kier molecular flexibility index (Phi) is 4.90. The Morgan fingerprint density at radius 2 is 2.36 bits per heavy atom. The van der Waals surface area contributed by atoms with Crippen LogP contribution in [0.25, 0.3) is 0 Å². The van der Waals surface area contributed by atoms with Crippen molar-refractivity contribution in [2.45, 2.75) is 32.3 Å². The summed E-state index contributed by atoms with van der Waals surface area (Å²) in [6.45, 7) is 4.71. The molecule has 1 amide bonds. The molecule has 2 N–H and O–H groups in total. The van der Waals surface area contributed by atoms with E-state index in [2.05, 4.69) is 5.32 Å². The lowest BCUT2D eigenvalue weighted by Gasteiger charge is -2.28. The molecule has 14 heavy (non-hydrogen) atoms. The van der Waals surface area contributed by atoms with E-state index in [1.54, 1.807) is 4.90 Å². The van der Waals surface area contributed by atoms with Crippen molar-refractivity contribution in [3.63, 3.8) is 0 Å². The quantitative estimate of drug-likeness (QED) is 0.655. The predicted octanol–water partition coefficient (Wildman–Crippen LogP) is -0.0307. The molecule has 4 heteroatoms. The first kappa shape index (κ1) is 11.5. The van der Waals surface area contributed by atoms with Gasteiger partial charge in [-0.05, 0) is 19.4 Å². The molecule has 0 aromatic carbocycles. The SMILES string of the molecule is CCNCC(O)CN1CCCCC1=O. The van der Waals surface area contributed by atoms with Crippen molar-refractivity contribution in [1.82, 2.24) is 10.2 Å². The van der Waals surface area contributed by atoms with E-state index in [4.69, 9.17) is 0 Å². The van der Waals surface area contributed by atoms with Crippen molar-refractivity contribution in [3.8, 4) is 0 Å². The number of carbonyl (C=O) groups is 1. The summed E-state index contributed by atoms with van der Waals surface area (Å²) < 4.78 is 0. The number of rotatable bonds is 5. The van der Waals surface area contributed by atoms with Gasteiger partial charge in [0.1, 0.15) is 0 Å². The van der Waals surface area contributed by atoms with E-state index in [1.165, 1.54) is 0 Å². The van der Waals surface area contributed by atoms with Crippen molar-refractivity contribution in [3.05, 3.63) is 0 Å². The zero-order chi connectivity index (χ0) is 10.4. The summed E-state index contributed by atoms with van der Waals surface area (Å²) in [6.07, 6.45) is 2.28. The topological polar surface area (TPSA) is 52.6 Å². The summed E-state index contributed by atoms with van der Waals surface area (Å²) in [5, 5.41) is 12.7. The second-order valence-corrected chi connectivity index (χ2v) is 3.76. The lowest BCUT2D eigenvalue weighted by Crippen LogP contribution is -2.43. The zero-order valence-electron chi connectivity index (χ0n) is 8.83. The summed E-state index contributed by atoms with van der Waals surface area (Å²) in [7, 11) is 0. The third-order valence-corrected chi connectivity index (χ3v) is 2.48. The number of nitrogens with one attached hydrogen (secondary N) is 1. The number of hydrogen-bond acceptors (Lipinski definition) is 3. The first-order valence-corrected chi connectivity index (χ1v) is 5.40. The number of piperidine rings is 1. The maximum Gasteiger partial charge on any atom is 0.222 e. The molecule has 1 aliphatic heterocycles. The molecule has 0 aromatic rings. The van der Waals surface area contributed by atoms with E-state index < -0.39 is 6.10 Å². The third-order valence-electron chi connectivity index (χ3n) is 2.48. The van der Waals surface area contributed by atoms with Gasteiger partial charge in [-0.3, -0.25) is 4.79 Å². The van der Waals surface area contributed by atoms with E-state index in [1.807, 2.05) is 6.92 Å². The van der Waals surface area contributed by atoms with Crippen LogP contribution in [-0.2, 0) is 4.79 Å². The predicted molar refractivity (Wildman–Crippen MR) is 55.0 cm³/mol. The number of amides is 1. The maximum absolute atomic E-state index is 11.4. The number of aliphatic hydroxyl groups excluding tert-OH is 1. The number of carbonyl (C=O) groups excluding carboxylic acids is 1. The van der Waals surface area contributed by atoms with E-state index in [0.717, 1.165) is 25.9 Å². The van der Waals surface area contributed by atoms with Crippen LogP contribution in [-0.4, -0.2) is 48.2 Å².